The summed E-state index contributed by atoms with van der Waals surface area (Å²) < 4.78 is 12.0. The van der Waals surface area contributed by atoms with Gasteiger partial charge in [0.1, 0.15) is 12.0 Å². The second-order valence-electron chi connectivity index (χ2n) is 6.79. The van der Waals surface area contributed by atoms with E-state index in [9.17, 15) is 10.1 Å². The number of benzene rings is 1. The van der Waals surface area contributed by atoms with E-state index < -0.39 is 0 Å². The first-order valence-corrected chi connectivity index (χ1v) is 9.55. The fourth-order valence-corrected chi connectivity index (χ4v) is 3.45. The molecule has 0 unspecified atom stereocenters. The maximum atomic E-state index is 11.8. The topological polar surface area (TPSA) is 149 Å². The zero-order valence-electron chi connectivity index (χ0n) is 17.1. The molecule has 3 heterocycles. The number of nitrogens with two attached hydrogens (primary N) is 1. The molecular weight excluding hydrogens is 465 g/mol. The highest BCUT2D eigenvalue weighted by molar-refractivity contribution is 5.92. The molecule has 2 aromatic rings. The average molecular weight is 490 g/mol. The van der Waals surface area contributed by atoms with Crippen LogP contribution in [0, 0.1) is 10.1 Å². The molecule has 0 atom stereocenters. The van der Waals surface area contributed by atoms with Crippen LogP contribution in [0.1, 0.15) is 5.56 Å². The van der Waals surface area contributed by atoms with Gasteiger partial charge in [-0.1, -0.05) is 0 Å². The van der Waals surface area contributed by atoms with E-state index in [1.165, 1.54) is 17.2 Å². The number of aromatic nitrogens is 3. The summed E-state index contributed by atoms with van der Waals surface area (Å²) in [6, 6.07) is 3.41. The predicted molar refractivity (Wildman–Crippen MR) is 125 cm³/mol. The Hall–Kier alpha value is -2.87. The molecule has 1 aromatic carbocycles. The van der Waals surface area contributed by atoms with E-state index in [2.05, 4.69) is 25.6 Å². The number of halogens is 2. The second-order valence-corrected chi connectivity index (χ2v) is 6.79. The summed E-state index contributed by atoms with van der Waals surface area (Å²) in [5.74, 6) is 5.91. The quantitative estimate of drug-likeness (QED) is 0.258. The lowest BCUT2D eigenvalue weighted by atomic mass is 10.1. The van der Waals surface area contributed by atoms with E-state index in [1.54, 1.807) is 6.07 Å². The third-order valence-electron chi connectivity index (χ3n) is 4.97. The van der Waals surface area contributed by atoms with E-state index in [1.807, 2.05) is 11.0 Å². The molecule has 176 valence electrons. The van der Waals surface area contributed by atoms with Crippen molar-refractivity contribution >= 4 is 54.0 Å². The Morgan fingerprint density at radius 1 is 1.06 bits per heavy atom. The van der Waals surface area contributed by atoms with Gasteiger partial charge in [0.2, 0.25) is 0 Å². The first-order chi connectivity index (χ1) is 14.6. The Morgan fingerprint density at radius 2 is 1.66 bits per heavy atom. The first kappa shape index (κ1) is 25.4. The predicted octanol–water partition coefficient (Wildman–Crippen LogP) is 0.863. The number of nitro benzene ring substituents is 1. The maximum absolute atomic E-state index is 11.8. The van der Waals surface area contributed by atoms with E-state index in [0.29, 0.717) is 63.9 Å². The average Bonchev–Trinajstić information content (AvgIpc) is 3.19. The molecule has 15 heteroatoms. The standard InChI is InChI=1S/C17H23N9O4.2ClH/c18-25-12-20-22-17(25)21-19-11-13-9-16(26(27)28)15(24-3-7-30-8-4-24)10-14(13)23-1-5-29-6-2-23;;/h9-12H,1-8,18H2,(H,21,22);2*1H. The number of rotatable bonds is 6. The first-order valence-electron chi connectivity index (χ1n) is 9.55. The molecule has 0 saturated carbocycles. The Balaban J connectivity index is 0.00000181. The van der Waals surface area contributed by atoms with Crippen molar-refractivity contribution in [1.82, 2.24) is 14.9 Å². The van der Waals surface area contributed by atoms with Gasteiger partial charge in [-0.05, 0) is 6.07 Å². The zero-order valence-corrected chi connectivity index (χ0v) is 18.8. The maximum Gasteiger partial charge on any atom is 0.293 e. The molecule has 0 amide bonds. The van der Waals surface area contributed by atoms with Crippen LogP contribution in [0.25, 0.3) is 0 Å². The summed E-state index contributed by atoms with van der Waals surface area (Å²) >= 11 is 0. The molecule has 2 aliphatic rings. The normalized spacial score (nSPS) is 16.4. The molecule has 1 aromatic heterocycles. The van der Waals surface area contributed by atoms with Gasteiger partial charge in [0.05, 0.1) is 37.6 Å². The van der Waals surface area contributed by atoms with Gasteiger partial charge >= 0.3 is 0 Å². The molecule has 2 aliphatic heterocycles. The highest BCUT2D eigenvalue weighted by atomic mass is 35.5. The molecule has 0 aliphatic carbocycles. The van der Waals surface area contributed by atoms with Crippen molar-refractivity contribution in [3.63, 3.8) is 0 Å². The fraction of sp³-hybridized carbons (Fsp3) is 0.471. The SMILES string of the molecule is Cl.Cl.Nn1cnnc1NN=Cc1cc([N+](=O)[O-])c(N2CCOCC2)cc1N1CCOCC1. The smallest absolute Gasteiger partial charge is 0.293 e. The van der Waals surface area contributed by atoms with Gasteiger partial charge in [-0.25, -0.2) is 10.1 Å². The minimum Gasteiger partial charge on any atom is -0.378 e. The third kappa shape index (κ3) is 5.68. The second kappa shape index (κ2) is 11.7. The van der Waals surface area contributed by atoms with Gasteiger partial charge in [0, 0.05) is 43.5 Å². The highest BCUT2D eigenvalue weighted by Crippen LogP contribution is 2.36. The molecule has 0 radical (unpaired) electrons. The van der Waals surface area contributed by atoms with E-state index >= 15 is 0 Å². The number of morpholine rings is 2. The van der Waals surface area contributed by atoms with Crippen molar-refractivity contribution in [3.8, 4) is 0 Å². The molecule has 2 saturated heterocycles. The summed E-state index contributed by atoms with van der Waals surface area (Å²) in [5, 5.41) is 23.4. The number of anilines is 3. The lowest BCUT2D eigenvalue weighted by Gasteiger charge is -2.33. The Labute approximate surface area is 196 Å². The monoisotopic (exact) mass is 489 g/mol. The van der Waals surface area contributed by atoms with Crippen LogP contribution in [-0.2, 0) is 9.47 Å². The van der Waals surface area contributed by atoms with Gasteiger partial charge < -0.3 is 25.1 Å². The summed E-state index contributed by atoms with van der Waals surface area (Å²) in [5.41, 5.74) is 4.76. The van der Waals surface area contributed by atoms with Crippen molar-refractivity contribution in [2.45, 2.75) is 0 Å². The molecule has 0 bridgehead atoms. The summed E-state index contributed by atoms with van der Waals surface area (Å²) in [4.78, 5) is 15.6. The molecule has 0 spiro atoms. The van der Waals surface area contributed by atoms with Crippen LogP contribution >= 0.6 is 24.8 Å². The number of hydrogen-bond donors (Lipinski definition) is 2. The molecule has 32 heavy (non-hydrogen) atoms. The van der Waals surface area contributed by atoms with Crippen LogP contribution in [-0.4, -0.2) is 78.6 Å². The Bertz CT molecular complexity index is 931. The third-order valence-corrected chi connectivity index (χ3v) is 4.97. The van der Waals surface area contributed by atoms with Crippen molar-refractivity contribution < 1.29 is 14.4 Å². The van der Waals surface area contributed by atoms with Crippen molar-refractivity contribution in [3.05, 3.63) is 34.1 Å². The minimum atomic E-state index is -0.366. The van der Waals surface area contributed by atoms with Crippen LogP contribution in [0.4, 0.5) is 23.0 Å². The van der Waals surface area contributed by atoms with Gasteiger partial charge in [0.25, 0.3) is 11.6 Å². The van der Waals surface area contributed by atoms with Crippen LogP contribution in [0.15, 0.2) is 23.6 Å². The largest absolute Gasteiger partial charge is 0.378 e. The van der Waals surface area contributed by atoms with E-state index in [-0.39, 0.29) is 41.4 Å². The lowest BCUT2D eigenvalue weighted by Crippen LogP contribution is -2.38. The van der Waals surface area contributed by atoms with Gasteiger partial charge in [-0.15, -0.1) is 35.0 Å². The van der Waals surface area contributed by atoms with Gasteiger partial charge in [0.15, 0.2) is 0 Å². The lowest BCUT2D eigenvalue weighted by molar-refractivity contribution is -0.384. The number of hydrogen-bond acceptors (Lipinski definition) is 11. The molecular formula is C17H25Cl2N9O4. The van der Waals surface area contributed by atoms with Crippen molar-refractivity contribution in [2.75, 3.05) is 73.7 Å². The number of nitrogen functional groups attached to an aromatic ring is 1. The van der Waals surface area contributed by atoms with E-state index in [4.69, 9.17) is 15.3 Å². The van der Waals surface area contributed by atoms with Crippen molar-refractivity contribution in [2.24, 2.45) is 5.10 Å². The number of nitrogens with zero attached hydrogens (tertiary/aromatic N) is 7. The fourth-order valence-electron chi connectivity index (χ4n) is 3.45. The zero-order chi connectivity index (χ0) is 20.9. The number of hydrazone groups is 1. The Morgan fingerprint density at radius 3 is 2.19 bits per heavy atom. The van der Waals surface area contributed by atoms with Gasteiger partial charge in [-0.2, -0.15) is 5.10 Å². The van der Waals surface area contributed by atoms with Crippen LogP contribution < -0.4 is 21.1 Å². The Kier molecular flexibility index (Phi) is 9.26. The molecule has 13 nitrogen and oxygen atoms in total. The summed E-state index contributed by atoms with van der Waals surface area (Å²) in [6.07, 6.45) is 2.86. The highest BCUT2D eigenvalue weighted by Gasteiger charge is 2.26. The molecule has 4 rings (SSSR count). The van der Waals surface area contributed by atoms with Gasteiger partial charge in [-0.3, -0.25) is 10.1 Å². The van der Waals surface area contributed by atoms with Crippen molar-refractivity contribution in [1.29, 1.82) is 0 Å². The van der Waals surface area contributed by atoms with Crippen LogP contribution in [0.5, 0.6) is 0 Å². The van der Waals surface area contributed by atoms with Crippen LogP contribution in [0.3, 0.4) is 0 Å². The molecule has 2 fully saturated rings. The number of nitrogens with one attached hydrogen (secondary N) is 1. The van der Waals surface area contributed by atoms with E-state index in [0.717, 1.165) is 5.69 Å². The summed E-state index contributed by atoms with van der Waals surface area (Å²) in [7, 11) is 0. The summed E-state index contributed by atoms with van der Waals surface area (Å²) in [6.45, 7) is 4.84. The van der Waals surface area contributed by atoms with Crippen LogP contribution in [0.2, 0.25) is 0 Å². The molecule has 3 N–H and O–H groups in total. The number of ether oxygens (including phenoxy) is 2. The number of nitro groups is 1. The minimum absolute atomic E-state index is 0.